The van der Waals surface area contributed by atoms with Gasteiger partial charge in [-0.1, -0.05) is 5.16 Å². The van der Waals surface area contributed by atoms with Gasteiger partial charge in [0.05, 0.1) is 0 Å². The first-order valence-electron chi connectivity index (χ1n) is 5.71. The monoisotopic (exact) mass is 249 g/mol. The van der Waals surface area contributed by atoms with Crippen molar-refractivity contribution in [3.05, 3.63) is 29.8 Å². The van der Waals surface area contributed by atoms with Crippen molar-refractivity contribution in [3.63, 3.8) is 0 Å². The number of amidine groups is 1. The van der Waals surface area contributed by atoms with Gasteiger partial charge in [-0.2, -0.15) is 0 Å². The molecule has 6 heteroatoms. The Bertz CT molecular complexity index is 450. The van der Waals surface area contributed by atoms with Crippen LogP contribution in [0.15, 0.2) is 29.4 Å². The van der Waals surface area contributed by atoms with E-state index in [1.165, 1.54) is 0 Å². The third-order valence-corrected chi connectivity index (χ3v) is 2.78. The average Bonchev–Trinajstić information content (AvgIpc) is 2.92. The molecule has 0 saturated carbocycles. The second kappa shape index (κ2) is 5.50. The van der Waals surface area contributed by atoms with Crippen molar-refractivity contribution in [1.29, 1.82) is 0 Å². The van der Waals surface area contributed by atoms with Crippen LogP contribution in [-0.2, 0) is 9.53 Å². The van der Waals surface area contributed by atoms with Gasteiger partial charge in [-0.3, -0.25) is 4.79 Å². The van der Waals surface area contributed by atoms with Crippen molar-refractivity contribution >= 4 is 17.4 Å². The zero-order valence-corrected chi connectivity index (χ0v) is 9.80. The van der Waals surface area contributed by atoms with Crippen molar-refractivity contribution in [3.8, 4) is 0 Å². The second-order valence-corrected chi connectivity index (χ2v) is 4.05. The molecule has 1 atom stereocenters. The number of hydrogen-bond donors (Lipinski definition) is 3. The number of nitrogens with one attached hydrogen (secondary N) is 1. The van der Waals surface area contributed by atoms with Gasteiger partial charge < -0.3 is 21.0 Å². The molecule has 0 bridgehead atoms. The van der Waals surface area contributed by atoms with E-state index in [1.807, 2.05) is 0 Å². The van der Waals surface area contributed by atoms with Gasteiger partial charge in [-0.05, 0) is 37.1 Å². The summed E-state index contributed by atoms with van der Waals surface area (Å²) in [6, 6.07) is 6.72. The molecule has 18 heavy (non-hydrogen) atoms. The molecule has 0 aromatic heterocycles. The van der Waals surface area contributed by atoms with E-state index in [-0.39, 0.29) is 17.8 Å². The van der Waals surface area contributed by atoms with Crippen LogP contribution in [-0.4, -0.2) is 29.7 Å². The minimum absolute atomic E-state index is 0.0343. The first-order chi connectivity index (χ1) is 8.70. The van der Waals surface area contributed by atoms with Crippen LogP contribution in [0.5, 0.6) is 0 Å². The molecule has 1 aliphatic rings. The quantitative estimate of drug-likeness (QED) is 0.321. The molecule has 1 amide bonds. The van der Waals surface area contributed by atoms with Gasteiger partial charge in [-0.25, -0.2) is 0 Å². The summed E-state index contributed by atoms with van der Waals surface area (Å²) in [6.45, 7) is 0.639. The summed E-state index contributed by atoms with van der Waals surface area (Å²) in [5.41, 5.74) is 6.69. The Morgan fingerprint density at radius 1 is 1.44 bits per heavy atom. The molecular weight excluding hydrogens is 234 g/mol. The van der Waals surface area contributed by atoms with Crippen LogP contribution in [0.1, 0.15) is 18.4 Å². The fourth-order valence-electron chi connectivity index (χ4n) is 1.79. The van der Waals surface area contributed by atoms with Crippen molar-refractivity contribution in [2.45, 2.75) is 18.9 Å². The molecular formula is C12H15N3O3. The van der Waals surface area contributed by atoms with Crippen LogP contribution in [0, 0.1) is 0 Å². The standard InChI is InChI=1S/C12H15N3O3/c13-11(15-17)8-3-5-9(6-4-8)14-12(16)10-2-1-7-18-10/h3-6,10,17H,1-2,7H2,(H2,13,15)(H,14,16). The Balaban J connectivity index is 1.99. The third kappa shape index (κ3) is 2.78. The molecule has 1 fully saturated rings. The topological polar surface area (TPSA) is 96.9 Å². The predicted octanol–water partition coefficient (Wildman–Crippen LogP) is 0.899. The minimum atomic E-state index is -0.353. The van der Waals surface area contributed by atoms with Gasteiger partial charge in [0.25, 0.3) is 5.91 Å². The number of rotatable bonds is 3. The first kappa shape index (κ1) is 12.4. The number of oxime groups is 1. The Morgan fingerprint density at radius 3 is 2.72 bits per heavy atom. The summed E-state index contributed by atoms with van der Waals surface area (Å²) < 4.78 is 5.28. The molecule has 1 unspecified atom stereocenters. The van der Waals surface area contributed by atoms with E-state index >= 15 is 0 Å². The van der Waals surface area contributed by atoms with Gasteiger partial charge in [0.1, 0.15) is 6.10 Å². The molecule has 6 nitrogen and oxygen atoms in total. The number of anilines is 1. The molecule has 4 N–H and O–H groups in total. The second-order valence-electron chi connectivity index (χ2n) is 4.05. The summed E-state index contributed by atoms with van der Waals surface area (Å²) in [6.07, 6.45) is 1.32. The molecule has 1 saturated heterocycles. The lowest BCUT2D eigenvalue weighted by Crippen LogP contribution is -2.26. The molecule has 96 valence electrons. The Hall–Kier alpha value is -2.08. The maximum atomic E-state index is 11.8. The Kier molecular flexibility index (Phi) is 3.78. The van der Waals surface area contributed by atoms with Gasteiger partial charge >= 0.3 is 0 Å². The number of hydrogen-bond acceptors (Lipinski definition) is 4. The summed E-state index contributed by atoms with van der Waals surface area (Å²) in [7, 11) is 0. The van der Waals surface area contributed by atoms with E-state index in [1.54, 1.807) is 24.3 Å². The highest BCUT2D eigenvalue weighted by Gasteiger charge is 2.23. The lowest BCUT2D eigenvalue weighted by atomic mass is 10.2. The van der Waals surface area contributed by atoms with Crippen LogP contribution >= 0.6 is 0 Å². The fraction of sp³-hybridized carbons (Fsp3) is 0.333. The van der Waals surface area contributed by atoms with E-state index in [2.05, 4.69) is 10.5 Å². The summed E-state index contributed by atoms with van der Waals surface area (Å²) in [5, 5.41) is 14.2. The normalized spacial score (nSPS) is 19.8. The van der Waals surface area contributed by atoms with Crippen LogP contribution in [0.3, 0.4) is 0 Å². The maximum Gasteiger partial charge on any atom is 0.253 e. The zero-order valence-electron chi connectivity index (χ0n) is 9.80. The summed E-state index contributed by atoms with van der Waals surface area (Å²) >= 11 is 0. The van der Waals surface area contributed by atoms with Crippen molar-refractivity contribution in [1.82, 2.24) is 0 Å². The number of nitrogens with zero attached hydrogens (tertiary/aromatic N) is 1. The number of benzene rings is 1. The van der Waals surface area contributed by atoms with Crippen LogP contribution in [0.25, 0.3) is 0 Å². The van der Waals surface area contributed by atoms with Crippen molar-refractivity contribution in [2.24, 2.45) is 10.9 Å². The molecule has 1 heterocycles. The first-order valence-corrected chi connectivity index (χ1v) is 5.71. The van der Waals surface area contributed by atoms with Crippen LogP contribution < -0.4 is 11.1 Å². The van der Waals surface area contributed by atoms with Gasteiger partial charge in [0.2, 0.25) is 0 Å². The molecule has 0 spiro atoms. The highest BCUT2D eigenvalue weighted by atomic mass is 16.5. The summed E-state index contributed by atoms with van der Waals surface area (Å²) in [5.74, 6) is -0.101. The Morgan fingerprint density at radius 2 is 2.17 bits per heavy atom. The number of amides is 1. The van der Waals surface area contributed by atoms with E-state index < -0.39 is 0 Å². The van der Waals surface area contributed by atoms with E-state index in [9.17, 15) is 4.79 Å². The fourth-order valence-corrected chi connectivity index (χ4v) is 1.79. The zero-order chi connectivity index (χ0) is 13.0. The van der Waals surface area contributed by atoms with Crippen LogP contribution in [0.4, 0.5) is 5.69 Å². The highest BCUT2D eigenvalue weighted by Crippen LogP contribution is 2.15. The number of carbonyl (C=O) groups excluding carboxylic acids is 1. The lowest BCUT2D eigenvalue weighted by Gasteiger charge is -2.10. The average molecular weight is 249 g/mol. The number of carbonyl (C=O) groups is 1. The number of ether oxygens (including phenoxy) is 1. The smallest absolute Gasteiger partial charge is 0.253 e. The summed E-state index contributed by atoms with van der Waals surface area (Å²) in [4.78, 5) is 11.8. The molecule has 1 aromatic rings. The van der Waals surface area contributed by atoms with E-state index in [0.29, 0.717) is 17.9 Å². The molecule has 1 aromatic carbocycles. The molecule has 2 rings (SSSR count). The van der Waals surface area contributed by atoms with Crippen molar-refractivity contribution in [2.75, 3.05) is 11.9 Å². The maximum absolute atomic E-state index is 11.8. The largest absolute Gasteiger partial charge is 0.409 e. The molecule has 0 radical (unpaired) electrons. The predicted molar refractivity (Wildman–Crippen MR) is 66.6 cm³/mol. The van der Waals surface area contributed by atoms with Gasteiger partial charge in [-0.15, -0.1) is 0 Å². The highest BCUT2D eigenvalue weighted by molar-refractivity contribution is 5.98. The lowest BCUT2D eigenvalue weighted by molar-refractivity contribution is -0.124. The SMILES string of the molecule is N/C(=N/O)c1ccc(NC(=O)C2CCCO2)cc1. The van der Waals surface area contributed by atoms with E-state index in [0.717, 1.165) is 12.8 Å². The third-order valence-electron chi connectivity index (χ3n) is 2.78. The van der Waals surface area contributed by atoms with Gasteiger partial charge in [0.15, 0.2) is 5.84 Å². The molecule has 1 aliphatic heterocycles. The van der Waals surface area contributed by atoms with Crippen LogP contribution in [0.2, 0.25) is 0 Å². The Labute approximate surface area is 104 Å². The van der Waals surface area contributed by atoms with Gasteiger partial charge in [0, 0.05) is 17.9 Å². The molecule has 0 aliphatic carbocycles. The number of nitrogens with two attached hydrogens (primary N) is 1. The van der Waals surface area contributed by atoms with Crippen molar-refractivity contribution < 1.29 is 14.7 Å². The minimum Gasteiger partial charge on any atom is -0.409 e. The van der Waals surface area contributed by atoms with E-state index in [4.69, 9.17) is 15.7 Å².